The molecule has 0 aromatic rings. The summed E-state index contributed by atoms with van der Waals surface area (Å²) < 4.78 is 37.1. The topological polar surface area (TPSA) is 157 Å². The van der Waals surface area contributed by atoms with Gasteiger partial charge >= 0.3 is 5.97 Å². The number of likely N-dealkylation sites (N-methyl/N-ethyl adjacent to an activating group) is 1. The lowest BCUT2D eigenvalue weighted by molar-refractivity contribution is -0.298. The molecule has 3 saturated heterocycles. The van der Waals surface area contributed by atoms with Gasteiger partial charge in [0, 0.05) is 37.3 Å². The van der Waals surface area contributed by atoms with Crippen LogP contribution < -0.4 is 0 Å². The third-order valence-electron chi connectivity index (χ3n) is 10.9. The highest BCUT2D eigenvalue weighted by Gasteiger charge is 2.47. The largest absolute Gasteiger partial charge is 0.462 e. The number of cyclic esters (lactones) is 1. The summed E-state index contributed by atoms with van der Waals surface area (Å²) in [7, 11) is 5.34. The van der Waals surface area contributed by atoms with Gasteiger partial charge in [-0.05, 0) is 66.1 Å². The monoisotopic (exact) mass is 673 g/mol. The summed E-state index contributed by atoms with van der Waals surface area (Å²) in [5, 5.41) is 44.5. The van der Waals surface area contributed by atoms with Gasteiger partial charge in [0.05, 0.1) is 48.6 Å². The minimum absolute atomic E-state index is 0.182. The van der Waals surface area contributed by atoms with Crippen molar-refractivity contribution in [2.45, 2.75) is 154 Å². The quantitative estimate of drug-likeness (QED) is 0.242. The van der Waals surface area contributed by atoms with Crippen LogP contribution in [0.2, 0.25) is 0 Å². The van der Waals surface area contributed by atoms with Gasteiger partial charge in [0.25, 0.3) is 0 Å². The van der Waals surface area contributed by atoms with E-state index in [1.165, 1.54) is 7.11 Å². The Labute approximate surface area is 281 Å². The van der Waals surface area contributed by atoms with Crippen molar-refractivity contribution in [3.8, 4) is 0 Å². The van der Waals surface area contributed by atoms with Crippen molar-refractivity contribution in [1.29, 1.82) is 0 Å². The van der Waals surface area contributed by atoms with E-state index in [9.17, 15) is 25.2 Å². The Kier molecular flexibility index (Phi) is 14.7. The molecule has 12 nitrogen and oxygen atoms in total. The van der Waals surface area contributed by atoms with Gasteiger partial charge < -0.3 is 53.7 Å². The van der Waals surface area contributed by atoms with Crippen LogP contribution in [0, 0.1) is 29.6 Å². The second-order valence-corrected chi connectivity index (χ2v) is 14.8. The van der Waals surface area contributed by atoms with Crippen molar-refractivity contribution < 1.29 is 53.6 Å². The zero-order chi connectivity index (χ0) is 35.5. The molecule has 0 aromatic carbocycles. The number of carbonyl (C=O) groups excluding carboxylic acids is 1. The summed E-state index contributed by atoms with van der Waals surface area (Å²) in [5.74, 6) is -3.15. The number of esters is 1. The molecule has 0 unspecified atom stereocenters. The molecule has 3 aliphatic heterocycles. The van der Waals surface area contributed by atoms with Gasteiger partial charge in [-0.25, -0.2) is 0 Å². The molecular weight excluding hydrogens is 610 g/mol. The van der Waals surface area contributed by atoms with E-state index in [0.717, 1.165) is 0 Å². The Morgan fingerprint density at radius 3 is 2.02 bits per heavy atom. The SMILES string of the molecule is C=C1C[C@H](C)[C@H](O[C@@H]2O[C@H](C)C[C@H](N(C)C)[C@H]2O)[C@@H](C)[C@H](O[C@H]2C[C@H](OC)[C@@H](O)[C@H](C)O2)[C@@H](C)C(=O)O[C@H](C)[C@H](C)[C@H](O)[C@@H](C)[C@@H]1O. The van der Waals surface area contributed by atoms with Gasteiger partial charge in [-0.1, -0.05) is 34.3 Å². The van der Waals surface area contributed by atoms with Crippen LogP contribution in [0.15, 0.2) is 12.2 Å². The highest BCUT2D eigenvalue weighted by Crippen LogP contribution is 2.37. The third kappa shape index (κ3) is 9.53. The summed E-state index contributed by atoms with van der Waals surface area (Å²) in [4.78, 5) is 15.8. The van der Waals surface area contributed by atoms with Crippen molar-refractivity contribution in [3.63, 3.8) is 0 Å². The minimum Gasteiger partial charge on any atom is -0.462 e. The molecule has 12 heteroatoms. The van der Waals surface area contributed by atoms with Crippen molar-refractivity contribution in [3.05, 3.63) is 12.2 Å². The van der Waals surface area contributed by atoms with Crippen molar-refractivity contribution >= 4 is 5.97 Å². The van der Waals surface area contributed by atoms with Crippen LogP contribution in [0.5, 0.6) is 0 Å². The fourth-order valence-corrected chi connectivity index (χ4v) is 7.47. The molecule has 0 radical (unpaired) electrons. The van der Waals surface area contributed by atoms with E-state index in [2.05, 4.69) is 6.58 Å². The molecule has 274 valence electrons. The Morgan fingerprint density at radius 1 is 0.787 bits per heavy atom. The molecular formula is C35H63NO11. The molecule has 0 saturated carbocycles. The molecule has 0 spiro atoms. The maximum Gasteiger partial charge on any atom is 0.311 e. The first kappa shape index (κ1) is 40.2. The number of hydrogen-bond donors (Lipinski definition) is 4. The Morgan fingerprint density at radius 2 is 1.43 bits per heavy atom. The van der Waals surface area contributed by atoms with Crippen LogP contribution in [-0.4, -0.2) is 132 Å². The van der Waals surface area contributed by atoms with E-state index in [0.29, 0.717) is 18.4 Å². The molecule has 3 rings (SSSR count). The first-order valence-electron chi connectivity index (χ1n) is 17.3. The number of aliphatic hydroxyl groups is 4. The van der Waals surface area contributed by atoms with Gasteiger partial charge in [0.2, 0.25) is 0 Å². The first-order chi connectivity index (χ1) is 21.9. The summed E-state index contributed by atoms with van der Waals surface area (Å²) in [5.41, 5.74) is 0.537. The first-order valence-corrected chi connectivity index (χ1v) is 17.3. The number of carbonyl (C=O) groups is 1. The Bertz CT molecular complexity index is 1010. The second kappa shape index (κ2) is 17.2. The molecule has 47 heavy (non-hydrogen) atoms. The van der Waals surface area contributed by atoms with E-state index in [4.69, 9.17) is 28.4 Å². The molecule has 0 amide bonds. The number of nitrogens with zero attached hydrogens (tertiary/aromatic N) is 1. The lowest BCUT2D eigenvalue weighted by atomic mass is 9.78. The number of aliphatic hydroxyl groups excluding tert-OH is 4. The fraction of sp³-hybridized carbons (Fsp3) is 0.914. The summed E-state index contributed by atoms with van der Waals surface area (Å²) in [6, 6.07) is -0.203. The average Bonchev–Trinajstić information content (AvgIpc) is 3.02. The zero-order valence-electron chi connectivity index (χ0n) is 30.3. The lowest BCUT2D eigenvalue weighted by Crippen LogP contribution is -2.57. The zero-order valence-corrected chi connectivity index (χ0v) is 30.3. The van der Waals surface area contributed by atoms with Gasteiger partial charge in [0.1, 0.15) is 18.3 Å². The summed E-state index contributed by atoms with van der Waals surface area (Å²) >= 11 is 0. The molecule has 4 N–H and O–H groups in total. The van der Waals surface area contributed by atoms with E-state index in [1.54, 1.807) is 34.6 Å². The van der Waals surface area contributed by atoms with Crippen LogP contribution in [0.25, 0.3) is 0 Å². The highest BCUT2D eigenvalue weighted by atomic mass is 16.7. The number of methoxy groups -OCH3 is 1. The van der Waals surface area contributed by atoms with Crippen LogP contribution in [0.4, 0.5) is 0 Å². The highest BCUT2D eigenvalue weighted by molar-refractivity contribution is 5.73. The van der Waals surface area contributed by atoms with Crippen molar-refractivity contribution in [1.82, 2.24) is 4.90 Å². The van der Waals surface area contributed by atoms with Gasteiger partial charge in [-0.15, -0.1) is 0 Å². The molecule has 0 bridgehead atoms. The van der Waals surface area contributed by atoms with Gasteiger partial charge in [0.15, 0.2) is 12.6 Å². The number of hydrogen-bond acceptors (Lipinski definition) is 12. The molecule has 0 aromatic heterocycles. The summed E-state index contributed by atoms with van der Waals surface area (Å²) in [6.45, 7) is 18.8. The van der Waals surface area contributed by atoms with E-state index < -0.39 is 97.2 Å². The van der Waals surface area contributed by atoms with Gasteiger partial charge in [-0.3, -0.25) is 4.79 Å². The maximum absolute atomic E-state index is 13.8. The number of ether oxygens (including phenoxy) is 6. The van der Waals surface area contributed by atoms with Crippen LogP contribution >= 0.6 is 0 Å². The van der Waals surface area contributed by atoms with E-state index >= 15 is 0 Å². The predicted octanol–water partition coefficient (Wildman–Crippen LogP) is 2.49. The molecule has 3 aliphatic rings. The van der Waals surface area contributed by atoms with Crippen molar-refractivity contribution in [2.24, 2.45) is 29.6 Å². The second-order valence-electron chi connectivity index (χ2n) is 14.8. The minimum atomic E-state index is -1.02. The van der Waals surface area contributed by atoms with E-state index in [1.807, 2.05) is 39.8 Å². The molecule has 0 aliphatic carbocycles. The lowest BCUT2D eigenvalue weighted by Gasteiger charge is -2.46. The number of rotatable bonds is 6. The molecule has 18 atom stereocenters. The average molecular weight is 674 g/mol. The standard InChI is InChI=1S/C35H63NO11/c1-16-13-17(2)32(47-35-31(40)25(36(10)11)14-18(3)43-35)21(6)33(46-27-15-26(42-12)30(39)24(9)44-27)22(7)34(41)45-23(8)19(4)29(38)20(5)28(16)37/h17-33,35,37-40H,1,13-15H2,2-12H3/t17-,18+,19-,20-,21+,22+,23+,24-,25-,26-,27-,28+,29-,30-,31+,32-,33-,35-/m0/s1. The third-order valence-corrected chi connectivity index (χ3v) is 10.9. The normalized spacial score (nSPS) is 48.2. The summed E-state index contributed by atoms with van der Waals surface area (Å²) in [6.07, 6.45) is -7.78. The maximum atomic E-state index is 13.8. The Hall–Kier alpha value is -1.19. The van der Waals surface area contributed by atoms with Crippen LogP contribution in [-0.2, 0) is 33.2 Å². The molecule has 3 fully saturated rings. The van der Waals surface area contributed by atoms with Crippen LogP contribution in [0.1, 0.15) is 74.7 Å². The van der Waals surface area contributed by atoms with E-state index in [-0.39, 0.29) is 24.5 Å². The van der Waals surface area contributed by atoms with Gasteiger partial charge in [-0.2, -0.15) is 0 Å². The molecule has 3 heterocycles. The van der Waals surface area contributed by atoms with Crippen LogP contribution in [0.3, 0.4) is 0 Å². The smallest absolute Gasteiger partial charge is 0.311 e. The predicted molar refractivity (Wildman–Crippen MR) is 175 cm³/mol. The van der Waals surface area contributed by atoms with Crippen molar-refractivity contribution in [2.75, 3.05) is 21.2 Å². The fourth-order valence-electron chi connectivity index (χ4n) is 7.47. The Balaban J connectivity index is 2.06.